The molecule has 4 nitrogen and oxygen atoms in total. The van der Waals surface area contributed by atoms with Crippen LogP contribution in [-0.2, 0) is 0 Å². The van der Waals surface area contributed by atoms with E-state index in [0.29, 0.717) is 11.6 Å². The third-order valence-electron chi connectivity index (χ3n) is 3.85. The van der Waals surface area contributed by atoms with Crippen molar-refractivity contribution in [2.24, 2.45) is 0 Å². The van der Waals surface area contributed by atoms with E-state index in [0.717, 1.165) is 30.8 Å². The summed E-state index contributed by atoms with van der Waals surface area (Å²) in [6.45, 7) is 2.34. The van der Waals surface area contributed by atoms with Crippen molar-refractivity contribution in [3.8, 4) is 5.75 Å². The standard InChI is InChI=1S/C17H19ClN2O2/c18-14-3-1-2-13(10-14)17(21)12-20-9-6-16(11-20)22-15-4-7-19-8-5-15/h1-5,7-8,10,16-17,21H,6,9,11-12H2/t16-,17-/m1/s1. The molecule has 0 amide bonds. The Balaban J connectivity index is 1.52. The van der Waals surface area contributed by atoms with Crippen molar-refractivity contribution in [1.82, 2.24) is 9.88 Å². The number of pyridine rings is 1. The Bertz CT molecular complexity index is 609. The van der Waals surface area contributed by atoms with Crippen LogP contribution in [0.2, 0.25) is 5.02 Å². The first-order valence-corrected chi connectivity index (χ1v) is 7.81. The molecule has 0 radical (unpaired) electrons. The van der Waals surface area contributed by atoms with E-state index in [4.69, 9.17) is 16.3 Å². The van der Waals surface area contributed by atoms with Gasteiger partial charge in [0.15, 0.2) is 0 Å². The summed E-state index contributed by atoms with van der Waals surface area (Å²) in [4.78, 5) is 6.20. The summed E-state index contributed by atoms with van der Waals surface area (Å²) >= 11 is 5.97. The van der Waals surface area contributed by atoms with Gasteiger partial charge in [0, 0.05) is 37.1 Å². The Morgan fingerprint density at radius 3 is 2.91 bits per heavy atom. The summed E-state index contributed by atoms with van der Waals surface area (Å²) in [6.07, 6.45) is 4.05. The van der Waals surface area contributed by atoms with Gasteiger partial charge in [0.05, 0.1) is 6.10 Å². The fourth-order valence-electron chi connectivity index (χ4n) is 2.73. The third kappa shape index (κ3) is 3.97. The summed E-state index contributed by atoms with van der Waals surface area (Å²) in [7, 11) is 0. The van der Waals surface area contributed by atoms with E-state index in [9.17, 15) is 5.11 Å². The molecule has 0 spiro atoms. The molecule has 1 saturated heterocycles. The van der Waals surface area contributed by atoms with Crippen molar-refractivity contribution < 1.29 is 9.84 Å². The van der Waals surface area contributed by atoms with Crippen LogP contribution in [0.5, 0.6) is 5.75 Å². The van der Waals surface area contributed by atoms with Gasteiger partial charge in [0.25, 0.3) is 0 Å². The SMILES string of the molecule is O[C@H](CN1CC[C@@H](Oc2ccncc2)C1)c1cccc(Cl)c1. The Kier molecular flexibility index (Phi) is 4.93. The highest BCUT2D eigenvalue weighted by molar-refractivity contribution is 6.30. The number of halogens is 1. The quantitative estimate of drug-likeness (QED) is 0.920. The van der Waals surface area contributed by atoms with Crippen molar-refractivity contribution in [3.05, 3.63) is 59.4 Å². The van der Waals surface area contributed by atoms with E-state index < -0.39 is 6.10 Å². The van der Waals surface area contributed by atoms with E-state index in [1.807, 2.05) is 36.4 Å². The maximum atomic E-state index is 10.3. The zero-order chi connectivity index (χ0) is 15.4. The minimum atomic E-state index is -0.529. The van der Waals surface area contributed by atoms with Gasteiger partial charge in [-0.1, -0.05) is 23.7 Å². The molecule has 0 bridgehead atoms. The number of β-amino-alcohol motifs (C(OH)–C–C–N with tert-alkyl or cyclic N) is 1. The van der Waals surface area contributed by atoms with Crippen molar-refractivity contribution in [2.75, 3.05) is 19.6 Å². The van der Waals surface area contributed by atoms with Crippen molar-refractivity contribution in [2.45, 2.75) is 18.6 Å². The minimum absolute atomic E-state index is 0.161. The molecule has 2 atom stereocenters. The van der Waals surface area contributed by atoms with Crippen LogP contribution in [0, 0.1) is 0 Å². The summed E-state index contributed by atoms with van der Waals surface area (Å²) in [5.74, 6) is 0.845. The molecule has 1 fully saturated rings. The van der Waals surface area contributed by atoms with Gasteiger partial charge in [-0.2, -0.15) is 0 Å². The first-order valence-electron chi connectivity index (χ1n) is 7.43. The molecule has 3 rings (SSSR count). The van der Waals surface area contributed by atoms with Crippen LogP contribution in [0.4, 0.5) is 0 Å². The monoisotopic (exact) mass is 318 g/mol. The maximum absolute atomic E-state index is 10.3. The summed E-state index contributed by atoms with van der Waals surface area (Å²) in [5, 5.41) is 11.0. The maximum Gasteiger partial charge on any atom is 0.122 e. The second-order valence-electron chi connectivity index (χ2n) is 5.54. The Hall–Kier alpha value is -1.62. The lowest BCUT2D eigenvalue weighted by Gasteiger charge is -2.20. The molecular formula is C17H19ClN2O2. The van der Waals surface area contributed by atoms with E-state index in [-0.39, 0.29) is 6.10 Å². The number of aliphatic hydroxyl groups excluding tert-OH is 1. The highest BCUT2D eigenvalue weighted by Crippen LogP contribution is 2.22. The lowest BCUT2D eigenvalue weighted by molar-refractivity contribution is 0.117. The molecular weight excluding hydrogens is 300 g/mol. The van der Waals surface area contributed by atoms with E-state index in [2.05, 4.69) is 9.88 Å². The Morgan fingerprint density at radius 1 is 1.32 bits per heavy atom. The number of benzene rings is 1. The average Bonchev–Trinajstić information content (AvgIpc) is 2.95. The summed E-state index contributed by atoms with van der Waals surface area (Å²) < 4.78 is 5.93. The molecule has 1 aliphatic heterocycles. The fraction of sp³-hybridized carbons (Fsp3) is 0.353. The Morgan fingerprint density at radius 2 is 2.14 bits per heavy atom. The molecule has 0 aliphatic carbocycles. The predicted octanol–water partition coefficient (Wildman–Crippen LogP) is 2.92. The van der Waals surface area contributed by atoms with Crippen LogP contribution in [0.25, 0.3) is 0 Å². The predicted molar refractivity (Wildman–Crippen MR) is 86.1 cm³/mol. The van der Waals surface area contributed by atoms with Crippen LogP contribution in [0.15, 0.2) is 48.8 Å². The van der Waals surface area contributed by atoms with E-state index >= 15 is 0 Å². The van der Waals surface area contributed by atoms with Crippen molar-refractivity contribution in [3.63, 3.8) is 0 Å². The van der Waals surface area contributed by atoms with Gasteiger partial charge in [-0.05, 0) is 36.2 Å². The molecule has 1 N–H and O–H groups in total. The largest absolute Gasteiger partial charge is 0.489 e. The van der Waals surface area contributed by atoms with Gasteiger partial charge in [-0.25, -0.2) is 0 Å². The topological polar surface area (TPSA) is 45.6 Å². The van der Waals surface area contributed by atoms with Gasteiger partial charge in [0.2, 0.25) is 0 Å². The smallest absolute Gasteiger partial charge is 0.122 e. The molecule has 0 saturated carbocycles. The Labute approximate surface area is 135 Å². The van der Waals surface area contributed by atoms with Crippen molar-refractivity contribution in [1.29, 1.82) is 0 Å². The molecule has 2 aromatic rings. The number of nitrogens with zero attached hydrogens (tertiary/aromatic N) is 2. The third-order valence-corrected chi connectivity index (χ3v) is 4.08. The number of rotatable bonds is 5. The van der Waals surface area contributed by atoms with Crippen LogP contribution >= 0.6 is 11.6 Å². The normalized spacial score (nSPS) is 20.0. The average molecular weight is 319 g/mol. The van der Waals surface area contributed by atoms with Crippen LogP contribution in [0.3, 0.4) is 0 Å². The fourth-order valence-corrected chi connectivity index (χ4v) is 2.93. The van der Waals surface area contributed by atoms with E-state index in [1.165, 1.54) is 0 Å². The van der Waals surface area contributed by atoms with Gasteiger partial charge >= 0.3 is 0 Å². The number of ether oxygens (including phenoxy) is 1. The number of hydrogen-bond donors (Lipinski definition) is 1. The molecule has 1 aromatic heterocycles. The molecule has 5 heteroatoms. The van der Waals surface area contributed by atoms with Gasteiger partial charge in [-0.15, -0.1) is 0 Å². The molecule has 22 heavy (non-hydrogen) atoms. The van der Waals surface area contributed by atoms with Gasteiger partial charge in [-0.3, -0.25) is 9.88 Å². The second kappa shape index (κ2) is 7.09. The minimum Gasteiger partial charge on any atom is -0.489 e. The molecule has 1 aliphatic rings. The first-order chi connectivity index (χ1) is 10.7. The lowest BCUT2D eigenvalue weighted by Crippen LogP contribution is -2.29. The number of hydrogen-bond acceptors (Lipinski definition) is 4. The second-order valence-corrected chi connectivity index (χ2v) is 5.98. The van der Waals surface area contributed by atoms with Crippen molar-refractivity contribution >= 4 is 11.6 Å². The lowest BCUT2D eigenvalue weighted by atomic mass is 10.1. The highest BCUT2D eigenvalue weighted by atomic mass is 35.5. The number of aromatic nitrogens is 1. The zero-order valence-electron chi connectivity index (χ0n) is 12.2. The molecule has 0 unspecified atom stereocenters. The van der Waals surface area contributed by atoms with Crippen LogP contribution in [-0.4, -0.2) is 40.7 Å². The summed E-state index contributed by atoms with van der Waals surface area (Å²) in [6, 6.07) is 11.1. The number of likely N-dealkylation sites (tertiary alicyclic amines) is 1. The molecule has 1 aromatic carbocycles. The zero-order valence-corrected chi connectivity index (χ0v) is 13.0. The van der Waals surface area contributed by atoms with Crippen LogP contribution in [0.1, 0.15) is 18.1 Å². The van der Waals surface area contributed by atoms with Gasteiger partial charge < -0.3 is 9.84 Å². The number of aliphatic hydroxyl groups is 1. The molecule has 2 heterocycles. The van der Waals surface area contributed by atoms with Crippen LogP contribution < -0.4 is 4.74 Å². The van der Waals surface area contributed by atoms with Gasteiger partial charge in [0.1, 0.15) is 11.9 Å². The van der Waals surface area contributed by atoms with E-state index in [1.54, 1.807) is 12.4 Å². The first kappa shape index (κ1) is 15.3. The highest BCUT2D eigenvalue weighted by Gasteiger charge is 2.26. The summed E-state index contributed by atoms with van der Waals surface area (Å²) in [5.41, 5.74) is 0.853. The molecule has 116 valence electrons.